The Labute approximate surface area is 196 Å². The highest BCUT2D eigenvalue weighted by Gasteiger charge is 2.23. The van der Waals surface area contributed by atoms with E-state index in [1.54, 1.807) is 20.0 Å². The van der Waals surface area contributed by atoms with Crippen molar-refractivity contribution in [1.29, 1.82) is 0 Å². The molecule has 0 radical (unpaired) electrons. The van der Waals surface area contributed by atoms with Gasteiger partial charge in [0.05, 0.1) is 12.2 Å². The number of halogens is 1. The number of benzene rings is 1. The zero-order valence-electron chi connectivity index (χ0n) is 18.8. The van der Waals surface area contributed by atoms with Gasteiger partial charge < -0.3 is 5.73 Å². The first-order chi connectivity index (χ1) is 15.7. The first-order valence-corrected chi connectivity index (χ1v) is 11.0. The molecule has 3 rings (SSSR count). The molecule has 0 aliphatic heterocycles. The fraction of sp³-hybridized carbons (Fsp3) is 0.304. The van der Waals surface area contributed by atoms with E-state index in [4.69, 9.17) is 17.3 Å². The maximum Gasteiger partial charge on any atom is 0.330 e. The predicted molar refractivity (Wildman–Crippen MR) is 130 cm³/mol. The van der Waals surface area contributed by atoms with Gasteiger partial charge in [-0.25, -0.2) is 4.79 Å². The number of rotatable bonds is 8. The van der Waals surface area contributed by atoms with Crippen LogP contribution in [0.4, 0.5) is 11.5 Å². The minimum Gasteiger partial charge on any atom is -0.383 e. The highest BCUT2D eigenvalue weighted by Crippen LogP contribution is 2.23. The average molecular weight is 471 g/mol. The molecule has 0 aliphatic carbocycles. The highest BCUT2D eigenvalue weighted by atomic mass is 35.5. The maximum atomic E-state index is 13.3. The van der Waals surface area contributed by atoms with Crippen molar-refractivity contribution in [2.24, 2.45) is 7.05 Å². The summed E-state index contributed by atoms with van der Waals surface area (Å²) in [5.74, 6) is -0.540. The van der Waals surface area contributed by atoms with Crippen LogP contribution in [-0.2, 0) is 24.9 Å². The standard InChI is InChI=1S/C23H27ClN6O3/c1-4-5-13-29-21(25)19(22(32)26-23(29)33)30(14-16-9-7-6-8-10-16)18(31)12-11-17-15(2)27-28(3)20(17)24/h6-12H,4-5,13-14,25H2,1-3H3,(H,26,32,33)/b12-11+. The van der Waals surface area contributed by atoms with Crippen LogP contribution in [0.3, 0.4) is 0 Å². The van der Waals surface area contributed by atoms with Crippen molar-refractivity contribution in [2.45, 2.75) is 39.8 Å². The van der Waals surface area contributed by atoms with E-state index in [9.17, 15) is 14.4 Å². The zero-order chi connectivity index (χ0) is 24.1. The van der Waals surface area contributed by atoms with Crippen LogP contribution >= 0.6 is 11.6 Å². The summed E-state index contributed by atoms with van der Waals surface area (Å²) >= 11 is 6.27. The normalized spacial score (nSPS) is 11.3. The van der Waals surface area contributed by atoms with Crippen molar-refractivity contribution in [3.8, 4) is 0 Å². The molecule has 0 aliphatic rings. The molecule has 2 aromatic heterocycles. The Morgan fingerprint density at radius 1 is 1.27 bits per heavy atom. The van der Waals surface area contributed by atoms with Crippen LogP contribution < -0.4 is 21.9 Å². The van der Waals surface area contributed by atoms with Gasteiger partial charge in [-0.3, -0.25) is 28.7 Å². The lowest BCUT2D eigenvalue weighted by Gasteiger charge is -2.23. The van der Waals surface area contributed by atoms with Crippen molar-refractivity contribution >= 4 is 35.1 Å². The molecule has 0 atom stereocenters. The summed E-state index contributed by atoms with van der Waals surface area (Å²) in [6.45, 7) is 4.18. The largest absolute Gasteiger partial charge is 0.383 e. The lowest BCUT2D eigenvalue weighted by Crippen LogP contribution is -2.40. The molecule has 33 heavy (non-hydrogen) atoms. The molecule has 1 aromatic carbocycles. The second kappa shape index (κ2) is 10.4. The Kier molecular flexibility index (Phi) is 7.55. The number of nitrogens with two attached hydrogens (primary N) is 1. The van der Waals surface area contributed by atoms with Crippen LogP contribution in [-0.4, -0.2) is 25.2 Å². The first kappa shape index (κ1) is 24.1. The summed E-state index contributed by atoms with van der Waals surface area (Å²) in [6, 6.07) is 9.20. The Hall–Kier alpha value is -3.59. The van der Waals surface area contributed by atoms with Crippen LogP contribution in [0.25, 0.3) is 6.08 Å². The Balaban J connectivity index is 2.09. The summed E-state index contributed by atoms with van der Waals surface area (Å²) in [5, 5.41) is 4.62. The monoisotopic (exact) mass is 470 g/mol. The molecule has 174 valence electrons. The Bertz CT molecular complexity index is 1290. The summed E-state index contributed by atoms with van der Waals surface area (Å²) in [5.41, 5.74) is 6.92. The lowest BCUT2D eigenvalue weighted by molar-refractivity contribution is -0.114. The molecule has 0 spiro atoms. The second-order valence-corrected chi connectivity index (χ2v) is 8.01. The fourth-order valence-corrected chi connectivity index (χ4v) is 3.73. The third-order valence-corrected chi connectivity index (χ3v) is 5.71. The number of aromatic nitrogens is 4. The molecule has 1 amide bonds. The summed E-state index contributed by atoms with van der Waals surface area (Å²) in [7, 11) is 1.70. The van der Waals surface area contributed by atoms with E-state index in [1.807, 2.05) is 37.3 Å². The number of nitrogens with zero attached hydrogens (tertiary/aromatic N) is 4. The minimum atomic E-state index is -0.724. The molecule has 2 heterocycles. The third-order valence-electron chi connectivity index (χ3n) is 5.26. The van der Waals surface area contributed by atoms with Crippen molar-refractivity contribution in [3.63, 3.8) is 0 Å². The average Bonchev–Trinajstić information content (AvgIpc) is 3.02. The van der Waals surface area contributed by atoms with Crippen molar-refractivity contribution in [2.75, 3.05) is 10.6 Å². The van der Waals surface area contributed by atoms with Gasteiger partial charge >= 0.3 is 5.69 Å². The van der Waals surface area contributed by atoms with Crippen LogP contribution in [0.1, 0.15) is 36.6 Å². The number of hydrogen-bond acceptors (Lipinski definition) is 5. The number of H-pyrrole nitrogens is 1. The minimum absolute atomic E-state index is 0.0505. The molecule has 9 nitrogen and oxygen atoms in total. The van der Waals surface area contributed by atoms with E-state index >= 15 is 0 Å². The SMILES string of the molecule is CCCCn1c(N)c(N(Cc2ccccc2)C(=O)/C=C/c2c(C)nn(C)c2Cl)c(=O)[nH]c1=O. The fourth-order valence-electron chi connectivity index (χ4n) is 3.49. The topological polar surface area (TPSA) is 119 Å². The highest BCUT2D eigenvalue weighted by molar-refractivity contribution is 6.31. The maximum absolute atomic E-state index is 13.3. The summed E-state index contributed by atoms with van der Waals surface area (Å²) in [4.78, 5) is 42.0. The molecule has 0 unspecified atom stereocenters. The number of hydrogen-bond donors (Lipinski definition) is 2. The molecular formula is C23H27ClN6O3. The number of carbonyl (C=O) groups is 1. The Morgan fingerprint density at radius 3 is 2.58 bits per heavy atom. The molecule has 0 fully saturated rings. The van der Waals surface area contributed by atoms with Crippen LogP contribution in [0.15, 0.2) is 46.0 Å². The van der Waals surface area contributed by atoms with Crippen molar-refractivity contribution < 1.29 is 4.79 Å². The number of nitrogens with one attached hydrogen (secondary N) is 1. The van der Waals surface area contributed by atoms with Gasteiger partial charge in [-0.05, 0) is 25.0 Å². The molecular weight excluding hydrogens is 444 g/mol. The number of unbranched alkanes of at least 4 members (excludes halogenated alkanes) is 1. The lowest BCUT2D eigenvalue weighted by atomic mass is 10.2. The van der Waals surface area contributed by atoms with Gasteiger partial charge in [-0.2, -0.15) is 5.10 Å². The van der Waals surface area contributed by atoms with Crippen LogP contribution in [0.5, 0.6) is 0 Å². The quantitative estimate of drug-likeness (QED) is 0.490. The number of anilines is 2. The predicted octanol–water partition coefficient (Wildman–Crippen LogP) is 2.86. The number of nitrogen functional groups attached to an aromatic ring is 1. The molecule has 10 heteroatoms. The Morgan fingerprint density at radius 2 is 1.97 bits per heavy atom. The van der Waals surface area contributed by atoms with Gasteiger partial charge in [0.25, 0.3) is 11.5 Å². The molecule has 3 N–H and O–H groups in total. The molecule has 0 saturated carbocycles. The zero-order valence-corrected chi connectivity index (χ0v) is 19.6. The van der Waals surface area contributed by atoms with E-state index < -0.39 is 17.2 Å². The molecule has 0 saturated heterocycles. The van der Waals surface area contributed by atoms with Crippen molar-refractivity contribution in [1.82, 2.24) is 19.3 Å². The van der Waals surface area contributed by atoms with Crippen LogP contribution in [0, 0.1) is 6.92 Å². The smallest absolute Gasteiger partial charge is 0.330 e. The van der Waals surface area contributed by atoms with Gasteiger partial charge in [0.1, 0.15) is 11.0 Å². The van der Waals surface area contributed by atoms with E-state index in [2.05, 4.69) is 10.1 Å². The van der Waals surface area contributed by atoms with Crippen LogP contribution in [0.2, 0.25) is 5.15 Å². The first-order valence-electron chi connectivity index (χ1n) is 10.6. The van der Waals surface area contributed by atoms with Gasteiger partial charge in [0, 0.05) is 25.2 Å². The van der Waals surface area contributed by atoms with E-state index in [1.165, 1.54) is 20.2 Å². The number of aromatic amines is 1. The van der Waals surface area contributed by atoms with E-state index in [0.717, 1.165) is 12.0 Å². The summed E-state index contributed by atoms with van der Waals surface area (Å²) in [6.07, 6.45) is 4.41. The number of carbonyl (C=O) groups excluding carboxylic acids is 1. The second-order valence-electron chi connectivity index (χ2n) is 7.66. The van der Waals surface area contributed by atoms with Gasteiger partial charge in [0.2, 0.25) is 0 Å². The third kappa shape index (κ3) is 5.25. The van der Waals surface area contributed by atoms with Gasteiger partial charge in [-0.1, -0.05) is 55.3 Å². The van der Waals surface area contributed by atoms with Gasteiger partial charge in [-0.15, -0.1) is 0 Å². The van der Waals surface area contributed by atoms with E-state index in [0.29, 0.717) is 29.4 Å². The summed E-state index contributed by atoms with van der Waals surface area (Å²) < 4.78 is 2.80. The van der Waals surface area contributed by atoms with E-state index in [-0.39, 0.29) is 18.1 Å². The van der Waals surface area contributed by atoms with Crippen molar-refractivity contribution in [3.05, 3.63) is 79.2 Å². The number of amides is 1. The molecule has 0 bridgehead atoms. The number of aryl methyl sites for hydroxylation is 2. The van der Waals surface area contributed by atoms with Gasteiger partial charge in [0.15, 0.2) is 5.69 Å². The molecule has 3 aromatic rings.